The van der Waals surface area contributed by atoms with E-state index in [2.05, 4.69) is 183 Å². The molecular weight excluding hydrogens is 709 g/mol. The maximum absolute atomic E-state index is 14.1. The van der Waals surface area contributed by atoms with Gasteiger partial charge in [0.25, 0.3) is 0 Å². The summed E-state index contributed by atoms with van der Waals surface area (Å²) in [6.07, 6.45) is 0. The number of carbonyl (C=O) groups excluding carboxylic acids is 2. The van der Waals surface area contributed by atoms with Crippen molar-refractivity contribution >= 4 is 45.7 Å². The first-order valence-corrected chi connectivity index (χ1v) is 19.7. The molecule has 0 aliphatic heterocycles. The summed E-state index contributed by atoms with van der Waals surface area (Å²) in [4.78, 5) is 32.6. The Labute approximate surface area is 340 Å². The van der Waals surface area contributed by atoms with Crippen molar-refractivity contribution in [3.8, 4) is 22.3 Å². The topological polar surface area (TPSA) is 40.6 Å². The van der Waals surface area contributed by atoms with Crippen molar-refractivity contribution in [3.05, 3.63) is 226 Å². The standard InChI is InChI=1S/C54H42N2O2/c1-35-5-19-43(20-6-35)55(44-21-7-36(2)8-22-44)47-27-13-39(14-28-47)41-17-31-49-51(33-41)53(57)50-32-18-42(34-52(50)54(49)58)40-15-29-48(30-16-40)56(45-23-9-37(3)10-24-45)46-25-11-38(4)12-26-46/h5-34H,1-4H3. The largest absolute Gasteiger partial charge is 0.311 e. The van der Waals surface area contributed by atoms with Gasteiger partial charge in [-0.3, -0.25) is 9.59 Å². The lowest BCUT2D eigenvalue weighted by Gasteiger charge is -2.26. The summed E-state index contributed by atoms with van der Waals surface area (Å²) in [6.45, 7) is 8.37. The Balaban J connectivity index is 0.986. The molecule has 8 aromatic rings. The van der Waals surface area contributed by atoms with Crippen molar-refractivity contribution in [2.45, 2.75) is 27.7 Å². The fourth-order valence-corrected chi connectivity index (χ4v) is 7.79. The summed E-state index contributed by atoms with van der Waals surface area (Å²) < 4.78 is 0. The van der Waals surface area contributed by atoms with Gasteiger partial charge < -0.3 is 9.80 Å². The molecule has 0 radical (unpaired) electrons. The number of anilines is 6. The molecule has 0 atom stereocenters. The Hall–Kier alpha value is -7.30. The van der Waals surface area contributed by atoms with Crippen LogP contribution in [0.3, 0.4) is 0 Å². The predicted octanol–water partition coefficient (Wildman–Crippen LogP) is 14.0. The van der Waals surface area contributed by atoms with Gasteiger partial charge >= 0.3 is 0 Å². The third-order valence-electron chi connectivity index (χ3n) is 11.1. The zero-order valence-corrected chi connectivity index (χ0v) is 33.0. The lowest BCUT2D eigenvalue weighted by atomic mass is 9.81. The minimum atomic E-state index is -0.137. The van der Waals surface area contributed by atoms with E-state index in [-0.39, 0.29) is 11.6 Å². The first-order chi connectivity index (χ1) is 28.2. The molecule has 1 aliphatic rings. The van der Waals surface area contributed by atoms with E-state index in [0.717, 1.165) is 56.4 Å². The Bertz CT molecular complexity index is 2510. The molecule has 9 rings (SSSR count). The molecule has 4 heteroatoms. The molecule has 0 saturated carbocycles. The number of benzene rings is 8. The van der Waals surface area contributed by atoms with Gasteiger partial charge in [-0.2, -0.15) is 0 Å². The summed E-state index contributed by atoms with van der Waals surface area (Å²) in [7, 11) is 0. The highest BCUT2D eigenvalue weighted by atomic mass is 16.1. The molecular formula is C54H42N2O2. The molecule has 8 aromatic carbocycles. The van der Waals surface area contributed by atoms with Gasteiger partial charge in [-0.1, -0.05) is 107 Å². The van der Waals surface area contributed by atoms with Gasteiger partial charge in [0, 0.05) is 56.4 Å². The lowest BCUT2D eigenvalue weighted by Crippen LogP contribution is -2.21. The second kappa shape index (κ2) is 15.0. The maximum atomic E-state index is 14.1. The fraction of sp³-hybridized carbons (Fsp3) is 0.0741. The Morgan fingerprint density at radius 3 is 0.741 bits per heavy atom. The molecule has 0 unspecified atom stereocenters. The molecule has 1 aliphatic carbocycles. The minimum Gasteiger partial charge on any atom is -0.311 e. The molecule has 0 N–H and O–H groups in total. The van der Waals surface area contributed by atoms with Crippen LogP contribution in [0, 0.1) is 27.7 Å². The van der Waals surface area contributed by atoms with Crippen LogP contribution in [0.4, 0.5) is 34.1 Å². The van der Waals surface area contributed by atoms with E-state index in [1.54, 1.807) is 12.1 Å². The smallest absolute Gasteiger partial charge is 0.194 e. The van der Waals surface area contributed by atoms with Crippen molar-refractivity contribution in [2.75, 3.05) is 9.80 Å². The predicted molar refractivity (Wildman–Crippen MR) is 239 cm³/mol. The van der Waals surface area contributed by atoms with E-state index < -0.39 is 0 Å². The summed E-state index contributed by atoms with van der Waals surface area (Å²) in [5.74, 6) is -0.275. The molecule has 4 nitrogen and oxygen atoms in total. The first kappa shape index (κ1) is 36.3. The molecule has 0 amide bonds. The summed E-state index contributed by atoms with van der Waals surface area (Å²) in [6, 6.07) is 62.1. The van der Waals surface area contributed by atoms with Crippen molar-refractivity contribution in [1.29, 1.82) is 0 Å². The number of fused-ring (bicyclic) bond motifs is 2. The molecule has 0 bridgehead atoms. The second-order valence-electron chi connectivity index (χ2n) is 15.3. The summed E-state index contributed by atoms with van der Waals surface area (Å²) in [5, 5.41) is 0. The third kappa shape index (κ3) is 6.90. The summed E-state index contributed by atoms with van der Waals surface area (Å²) in [5.41, 5.74) is 16.6. The Kier molecular flexibility index (Phi) is 9.39. The van der Waals surface area contributed by atoms with Crippen molar-refractivity contribution in [3.63, 3.8) is 0 Å². The second-order valence-corrected chi connectivity index (χ2v) is 15.3. The van der Waals surface area contributed by atoms with Gasteiger partial charge in [0.05, 0.1) is 0 Å². The van der Waals surface area contributed by atoms with E-state index in [1.165, 1.54) is 22.3 Å². The van der Waals surface area contributed by atoms with Crippen molar-refractivity contribution < 1.29 is 9.59 Å². The quantitative estimate of drug-likeness (QED) is 0.155. The van der Waals surface area contributed by atoms with E-state index in [9.17, 15) is 9.59 Å². The third-order valence-corrected chi connectivity index (χ3v) is 11.1. The monoisotopic (exact) mass is 750 g/mol. The van der Waals surface area contributed by atoms with Gasteiger partial charge in [0.15, 0.2) is 11.6 Å². The van der Waals surface area contributed by atoms with Gasteiger partial charge in [-0.25, -0.2) is 0 Å². The average Bonchev–Trinajstić information content (AvgIpc) is 3.26. The zero-order valence-electron chi connectivity index (χ0n) is 33.0. The fourth-order valence-electron chi connectivity index (χ4n) is 7.79. The molecule has 0 fully saturated rings. The first-order valence-electron chi connectivity index (χ1n) is 19.7. The van der Waals surface area contributed by atoms with Crippen LogP contribution in [0.2, 0.25) is 0 Å². The normalized spacial score (nSPS) is 11.9. The van der Waals surface area contributed by atoms with Crippen LogP contribution >= 0.6 is 0 Å². The maximum Gasteiger partial charge on any atom is 0.194 e. The van der Waals surface area contributed by atoms with E-state index in [0.29, 0.717) is 22.3 Å². The van der Waals surface area contributed by atoms with E-state index in [4.69, 9.17) is 0 Å². The Morgan fingerprint density at radius 1 is 0.259 bits per heavy atom. The summed E-state index contributed by atoms with van der Waals surface area (Å²) >= 11 is 0. The molecule has 0 heterocycles. The van der Waals surface area contributed by atoms with Crippen LogP contribution in [0.25, 0.3) is 22.3 Å². The van der Waals surface area contributed by atoms with E-state index >= 15 is 0 Å². The lowest BCUT2D eigenvalue weighted by molar-refractivity contribution is 0.0979. The number of ketones is 2. The molecule has 280 valence electrons. The number of hydrogen-bond acceptors (Lipinski definition) is 4. The van der Waals surface area contributed by atoms with Gasteiger partial charge in [-0.15, -0.1) is 0 Å². The highest BCUT2D eigenvalue weighted by Crippen LogP contribution is 2.39. The van der Waals surface area contributed by atoms with Crippen LogP contribution in [0.1, 0.15) is 54.1 Å². The highest BCUT2D eigenvalue weighted by molar-refractivity contribution is 6.29. The number of carbonyl (C=O) groups is 2. The van der Waals surface area contributed by atoms with Gasteiger partial charge in [-0.05, 0) is 147 Å². The zero-order chi connectivity index (χ0) is 39.9. The molecule has 58 heavy (non-hydrogen) atoms. The molecule has 0 saturated heterocycles. The number of rotatable bonds is 8. The van der Waals surface area contributed by atoms with Gasteiger partial charge in [0.1, 0.15) is 0 Å². The van der Waals surface area contributed by atoms with Crippen LogP contribution in [0.5, 0.6) is 0 Å². The van der Waals surface area contributed by atoms with Crippen LogP contribution in [-0.2, 0) is 0 Å². The van der Waals surface area contributed by atoms with Crippen LogP contribution < -0.4 is 9.80 Å². The van der Waals surface area contributed by atoms with Crippen molar-refractivity contribution in [2.24, 2.45) is 0 Å². The number of nitrogens with zero attached hydrogens (tertiary/aromatic N) is 2. The highest BCUT2D eigenvalue weighted by Gasteiger charge is 2.30. The molecule has 0 aromatic heterocycles. The minimum absolute atomic E-state index is 0.137. The number of hydrogen-bond donors (Lipinski definition) is 0. The van der Waals surface area contributed by atoms with Gasteiger partial charge in [0.2, 0.25) is 0 Å². The van der Waals surface area contributed by atoms with Crippen LogP contribution in [0.15, 0.2) is 182 Å². The van der Waals surface area contributed by atoms with Crippen molar-refractivity contribution in [1.82, 2.24) is 0 Å². The SMILES string of the molecule is Cc1ccc(N(c2ccc(C)cc2)c2ccc(-c3ccc4c(c3)C(=O)c3ccc(-c5ccc(N(c6ccc(C)cc6)c6ccc(C)cc6)cc5)cc3C4=O)cc2)cc1. The average molecular weight is 751 g/mol. The Morgan fingerprint density at radius 2 is 0.483 bits per heavy atom. The number of aryl methyl sites for hydroxylation is 4. The van der Waals surface area contributed by atoms with Crippen LogP contribution in [-0.4, -0.2) is 11.6 Å². The molecule has 0 spiro atoms. The van der Waals surface area contributed by atoms with E-state index in [1.807, 2.05) is 24.3 Å².